The molecule has 1 N–H and O–H groups in total. The van der Waals surface area contributed by atoms with Crippen LogP contribution in [0.15, 0.2) is 2.38 Å². The zero-order chi connectivity index (χ0) is 9.54. The van der Waals surface area contributed by atoms with Gasteiger partial charge in [0.05, 0.1) is 0 Å². The first kappa shape index (κ1) is 11.3. The molecule has 3 rings (SSSR count). The van der Waals surface area contributed by atoms with Gasteiger partial charge in [-0.25, -0.2) is 0 Å². The number of hydrogen-bond donors (Lipinski definition) is 1. The minimum atomic E-state index is -0.457. The fourth-order valence-corrected chi connectivity index (χ4v) is 46.9. The number of allylic oxidation sites excluding steroid dienone is 1. The van der Waals surface area contributed by atoms with Crippen LogP contribution in [0.5, 0.6) is 0 Å². The van der Waals surface area contributed by atoms with Crippen LogP contribution in [0, 0.1) is 24.0 Å². The average Bonchev–Trinajstić information content (AvgIpc) is 2.54. The first-order valence-electron chi connectivity index (χ1n) is 4.42. The van der Waals surface area contributed by atoms with Gasteiger partial charge in [0, 0.05) is 0 Å². The van der Waals surface area contributed by atoms with E-state index in [0.717, 1.165) is 7.89 Å². The van der Waals surface area contributed by atoms with E-state index in [1.165, 1.54) is 5.69 Å². The van der Waals surface area contributed by atoms with Crippen molar-refractivity contribution in [1.29, 1.82) is 0 Å². The summed E-state index contributed by atoms with van der Waals surface area (Å²) >= 11 is -0.785. The van der Waals surface area contributed by atoms with Crippen molar-refractivity contribution in [2.75, 3.05) is 0 Å². The van der Waals surface area contributed by atoms with Crippen LogP contribution in [0.2, 0.25) is 0 Å². The fourth-order valence-electron chi connectivity index (χ4n) is 1.69. The van der Waals surface area contributed by atoms with Crippen molar-refractivity contribution in [3.05, 3.63) is 19.3 Å². The Hall–Kier alpha value is 2.19. The first-order valence-corrected chi connectivity index (χ1v) is 25.6. The van der Waals surface area contributed by atoms with Crippen LogP contribution >= 0.6 is 0 Å². The van der Waals surface area contributed by atoms with Crippen LogP contribution in [0.25, 0.3) is 6.08 Å². The summed E-state index contributed by atoms with van der Waals surface area (Å²) in [6.45, 7) is 2.32. The van der Waals surface area contributed by atoms with Crippen molar-refractivity contribution < 1.29 is 76.3 Å². The number of fused-ring (bicyclic) bond motifs is 3. The molecule has 0 aromatic carbocycles. The third-order valence-corrected chi connectivity index (χ3v) is 45.2. The van der Waals surface area contributed by atoms with Crippen LogP contribution in [0.1, 0.15) is 23.9 Å². The summed E-state index contributed by atoms with van der Waals surface area (Å²) in [5.41, 5.74) is 4.77. The Morgan fingerprint density at radius 2 is 2.43 bits per heavy atom. The van der Waals surface area contributed by atoms with E-state index >= 15 is 0 Å². The standard InChI is InChI=1S/C9H7N.U.V.W.Y/c1-4-5-9-7(2)6-8(3)10-9;;;;/h2-3,5,10H,1H3;;;;. The van der Waals surface area contributed by atoms with Crippen molar-refractivity contribution >= 4 is 15.9 Å². The molecule has 1 aromatic heterocycles. The number of aromatic nitrogens is 1. The van der Waals surface area contributed by atoms with Crippen molar-refractivity contribution in [3.63, 3.8) is 0 Å². The Morgan fingerprint density at radius 1 is 1.50 bits per heavy atom. The van der Waals surface area contributed by atoms with Gasteiger partial charge in [-0.2, -0.15) is 0 Å². The molecule has 66 valence electrons. The third-order valence-electron chi connectivity index (χ3n) is 2.36. The third kappa shape index (κ3) is 2.11. The number of rotatable bonds is 0. The number of aromatic amines is 1. The van der Waals surface area contributed by atoms with Gasteiger partial charge in [-0.3, -0.25) is 0 Å². The van der Waals surface area contributed by atoms with Crippen molar-refractivity contribution in [1.82, 2.24) is 4.98 Å². The zero-order valence-corrected chi connectivity index (χ0v) is 19.0. The van der Waals surface area contributed by atoms with Gasteiger partial charge in [0.25, 0.3) is 0 Å². The molecule has 0 spiro atoms. The van der Waals surface area contributed by atoms with Crippen LogP contribution in [0.4, 0.5) is 0 Å². The van der Waals surface area contributed by atoms with Crippen molar-refractivity contribution in [2.24, 2.45) is 0 Å². The normalized spacial score (nSPS) is 15.4. The van der Waals surface area contributed by atoms with Gasteiger partial charge >= 0.3 is 123 Å². The molecule has 2 aliphatic heterocycles. The molecule has 1 aromatic rings. The van der Waals surface area contributed by atoms with E-state index in [1.54, 1.807) is 13.6 Å². The van der Waals surface area contributed by atoms with E-state index < -0.39 is 52.7 Å². The number of nitrogens with one attached hydrogen (secondary N) is 1. The van der Waals surface area contributed by atoms with Crippen LogP contribution in [-0.2, 0) is 52.3 Å². The quantitative estimate of drug-likeness (QED) is 0.409. The second-order valence-corrected chi connectivity index (χ2v) is 46.5. The summed E-state index contributed by atoms with van der Waals surface area (Å²) in [4.78, 5) is 3.66. The summed E-state index contributed by atoms with van der Waals surface area (Å²) in [5.74, 6) is 0. The van der Waals surface area contributed by atoms with Gasteiger partial charge in [0.1, 0.15) is 0 Å². The molecule has 14 heavy (non-hydrogen) atoms. The molecule has 0 saturated heterocycles. The summed E-state index contributed by atoms with van der Waals surface area (Å²) in [6, 6.07) is 0. The Balaban J connectivity index is 2.30. The Labute approximate surface area is 120 Å². The van der Waals surface area contributed by atoms with Crippen molar-refractivity contribution in [2.45, 2.75) is 6.92 Å². The average molecular weight is 691 g/mol. The molecule has 0 saturated carbocycles. The molecular weight excluding hydrogens is 684 g/mol. The van der Waals surface area contributed by atoms with Crippen molar-refractivity contribution in [3.8, 4) is 0 Å². The van der Waals surface area contributed by atoms with Crippen LogP contribution in [0.3, 0.4) is 0 Å². The predicted molar refractivity (Wildman–Crippen MR) is 44.4 cm³/mol. The summed E-state index contributed by atoms with van der Waals surface area (Å²) in [5, 5.41) is 0. The fraction of sp³-hybridized carbons (Fsp3) is 0.111. The number of hydrogen-bond acceptors (Lipinski definition) is 0. The summed E-state index contributed by atoms with van der Waals surface area (Å²) in [6.07, 6.45) is 2.44. The molecule has 2 aliphatic rings. The molecule has 0 atom stereocenters. The molecule has 3 heterocycles. The Bertz CT molecular complexity index is 527. The molecule has 0 aliphatic carbocycles. The van der Waals surface area contributed by atoms with Crippen LogP contribution < -0.4 is 2.60 Å². The molecule has 1 nitrogen and oxygen atoms in total. The van der Waals surface area contributed by atoms with Gasteiger partial charge in [-0.05, 0) is 0 Å². The van der Waals surface area contributed by atoms with Crippen LogP contribution in [-0.4, -0.2) is 12.2 Å². The Kier molecular flexibility index (Phi) is 3.89. The second-order valence-electron chi connectivity index (χ2n) is 3.39. The van der Waals surface area contributed by atoms with Gasteiger partial charge < -0.3 is 0 Å². The van der Waals surface area contributed by atoms with E-state index in [-0.39, 0.29) is 15.7 Å². The van der Waals surface area contributed by atoms with E-state index in [0.29, 0.717) is 0 Å². The summed E-state index contributed by atoms with van der Waals surface area (Å²) < 4.78 is 8.85. The first-order chi connectivity index (χ1) is 6.84. The second kappa shape index (κ2) is 4.82. The van der Waals surface area contributed by atoms with Gasteiger partial charge in [0.2, 0.25) is 0 Å². The van der Waals surface area contributed by atoms with E-state index in [4.69, 9.17) is 0 Å². The maximum atomic E-state index is 3.66. The van der Waals surface area contributed by atoms with E-state index in [9.17, 15) is 0 Å². The van der Waals surface area contributed by atoms with Gasteiger partial charge in [-0.15, -0.1) is 0 Å². The molecule has 0 unspecified atom stereocenters. The SMILES string of the molecule is C[C]1=Cc2[nH]c3[c](c2[CH]=[Y]1)[U]=[V][W]=[CH]3. The molecule has 0 amide bonds. The monoisotopic (exact) mass is 691 g/mol. The maximum absolute atomic E-state index is 3.66. The predicted octanol–water partition coefficient (Wildman–Crippen LogP) is 0.491. The minimum absolute atomic E-state index is 0.0740. The summed E-state index contributed by atoms with van der Waals surface area (Å²) in [7, 11) is 0.938. The Morgan fingerprint density at radius 3 is 3.36 bits per heavy atom. The van der Waals surface area contributed by atoms with E-state index in [1.807, 2.05) is 2.60 Å². The zero-order valence-electron chi connectivity index (χ0n) is 7.66. The molecular formula is C9H7NUVWY. The molecule has 0 fully saturated rings. The molecule has 5 heteroatoms. The van der Waals surface area contributed by atoms with Gasteiger partial charge in [0.15, 0.2) is 0 Å². The molecule has 0 radical (unpaired) electrons. The van der Waals surface area contributed by atoms with Gasteiger partial charge in [-0.1, -0.05) is 0 Å². The topological polar surface area (TPSA) is 15.8 Å². The molecule has 0 bridgehead atoms. The number of H-pyrrole nitrogens is 1. The van der Waals surface area contributed by atoms with E-state index in [2.05, 4.69) is 25.2 Å².